The van der Waals surface area contributed by atoms with Crippen LogP contribution in [0, 0.1) is 41.9 Å². The topological polar surface area (TPSA) is 54.6 Å². The molecule has 202 valence electrons. The van der Waals surface area contributed by atoms with E-state index in [1.165, 1.54) is 0 Å². The molecule has 1 spiro atoms. The van der Waals surface area contributed by atoms with Crippen LogP contribution in [0.1, 0.15) is 72.3 Å². The second-order valence-electron chi connectivity index (χ2n) is 10.6. The summed E-state index contributed by atoms with van der Waals surface area (Å²) < 4.78 is 81.8. The minimum atomic E-state index is -2.27. The highest BCUT2D eigenvalue weighted by Gasteiger charge is 2.52. The zero-order chi connectivity index (χ0) is 26.9. The number of carbonyl (C=O) groups is 1. The molecule has 0 saturated carbocycles. The van der Waals surface area contributed by atoms with Crippen LogP contribution >= 0.6 is 0 Å². The number of aryl methyl sites for hydroxylation is 1. The van der Waals surface area contributed by atoms with Crippen LogP contribution in [-0.4, -0.2) is 34.7 Å². The smallest absolute Gasteiger partial charge is 0.341 e. The number of H-pyrrole nitrogens is 1. The molecule has 6 rings (SSSR count). The molecule has 38 heavy (non-hydrogen) atoms. The van der Waals surface area contributed by atoms with Gasteiger partial charge in [0.1, 0.15) is 11.9 Å². The highest BCUT2D eigenvalue weighted by molar-refractivity contribution is 6.07. The number of carbonyl (C=O) groups excluding carboxylic acids is 1. The molecule has 2 fully saturated rings. The lowest BCUT2D eigenvalue weighted by Crippen LogP contribution is -2.64. The average Bonchev–Trinajstić information content (AvgIpc) is 3.25. The third kappa shape index (κ3) is 3.56. The monoisotopic (exact) mass is 534 g/mol. The number of piperidine rings is 2. The van der Waals surface area contributed by atoms with Crippen LogP contribution in [-0.2, 0) is 11.2 Å². The van der Waals surface area contributed by atoms with Crippen molar-refractivity contribution in [2.75, 3.05) is 13.1 Å². The van der Waals surface area contributed by atoms with Crippen molar-refractivity contribution in [2.24, 2.45) is 5.92 Å². The summed E-state index contributed by atoms with van der Waals surface area (Å²) in [5, 5.41) is 0.595. The number of esters is 1. The van der Waals surface area contributed by atoms with E-state index in [-0.39, 0.29) is 17.2 Å². The van der Waals surface area contributed by atoms with Gasteiger partial charge in [-0.3, -0.25) is 4.90 Å². The van der Waals surface area contributed by atoms with Crippen molar-refractivity contribution in [3.05, 3.63) is 63.6 Å². The van der Waals surface area contributed by atoms with Crippen LogP contribution in [0.25, 0.3) is 10.9 Å². The van der Waals surface area contributed by atoms with Crippen molar-refractivity contribution in [1.82, 2.24) is 9.88 Å². The zero-order valence-electron chi connectivity index (χ0n) is 21.0. The molecule has 4 heterocycles. The molecule has 3 unspecified atom stereocenters. The number of hydrogen-bond acceptors (Lipinski definition) is 4. The summed E-state index contributed by atoms with van der Waals surface area (Å²) in [5.41, 5.74) is 0.594. The number of nitrogens with zero attached hydrogens (tertiary/aromatic N) is 1. The maximum absolute atomic E-state index is 14.4. The molecule has 2 saturated heterocycles. The second-order valence-corrected chi connectivity index (χ2v) is 10.6. The molecule has 1 aromatic heterocycles. The van der Waals surface area contributed by atoms with Gasteiger partial charge in [-0.25, -0.2) is 26.7 Å². The van der Waals surface area contributed by atoms with E-state index in [9.17, 15) is 26.7 Å². The SMILES string of the molecule is Cc1[nH]c2ccc3c(c2c1C(=O)OC(C)c1c(F)c(F)c(F)c(F)c1F)CC1CCCN2CCCCC12O3. The Labute approximate surface area is 215 Å². The Morgan fingerprint density at radius 3 is 2.47 bits per heavy atom. The van der Waals surface area contributed by atoms with Gasteiger partial charge < -0.3 is 14.5 Å². The minimum Gasteiger partial charge on any atom is -0.472 e. The van der Waals surface area contributed by atoms with Gasteiger partial charge in [-0.2, -0.15) is 0 Å². The number of rotatable bonds is 3. The van der Waals surface area contributed by atoms with E-state index in [4.69, 9.17) is 9.47 Å². The Hall–Kier alpha value is -3.14. The van der Waals surface area contributed by atoms with Gasteiger partial charge in [0.15, 0.2) is 29.0 Å². The van der Waals surface area contributed by atoms with Crippen LogP contribution in [0.15, 0.2) is 12.1 Å². The molecule has 0 amide bonds. The average molecular weight is 535 g/mol. The normalized spacial score (nSPS) is 23.8. The molecular formula is C28H27F5N2O3. The third-order valence-corrected chi connectivity index (χ3v) is 8.46. The number of benzene rings is 2. The fourth-order valence-electron chi connectivity index (χ4n) is 6.72. The highest BCUT2D eigenvalue weighted by atomic mass is 19.2. The maximum atomic E-state index is 14.4. The summed E-state index contributed by atoms with van der Waals surface area (Å²) in [7, 11) is 0. The van der Waals surface area contributed by atoms with Gasteiger partial charge in [0.05, 0.1) is 11.1 Å². The number of nitrogens with one attached hydrogen (secondary N) is 1. The lowest BCUT2D eigenvalue weighted by molar-refractivity contribution is -0.177. The number of fused-ring (bicyclic) bond motifs is 3. The maximum Gasteiger partial charge on any atom is 0.341 e. The predicted octanol–water partition coefficient (Wildman–Crippen LogP) is 6.62. The van der Waals surface area contributed by atoms with Crippen LogP contribution in [0.2, 0.25) is 0 Å². The standard InChI is InChI=1S/C28H27F5N2O3/c1-13-19(27(36)37-14(2)20-22(29)24(31)26(33)25(32)23(20)30)21-16-12-15-6-5-11-35-10-4-3-9-28(15,35)38-18(16)8-7-17(21)34-13/h7-8,14-15,34H,3-6,9-12H2,1-2H3. The molecule has 0 radical (unpaired) electrons. The Morgan fingerprint density at radius 1 is 1.05 bits per heavy atom. The molecule has 3 aromatic rings. The van der Waals surface area contributed by atoms with Crippen molar-refractivity contribution < 1.29 is 36.2 Å². The molecule has 0 aliphatic carbocycles. The van der Waals surface area contributed by atoms with E-state index in [1.54, 1.807) is 6.92 Å². The fraction of sp³-hybridized carbons (Fsp3) is 0.464. The Morgan fingerprint density at radius 2 is 1.74 bits per heavy atom. The molecule has 3 aliphatic rings. The number of ether oxygens (including phenoxy) is 2. The molecule has 2 aromatic carbocycles. The van der Waals surface area contributed by atoms with Crippen molar-refractivity contribution in [2.45, 2.75) is 64.2 Å². The number of aromatic nitrogens is 1. The first-order valence-corrected chi connectivity index (χ1v) is 12.9. The van der Waals surface area contributed by atoms with E-state index in [2.05, 4.69) is 9.88 Å². The number of halogens is 5. The van der Waals surface area contributed by atoms with Crippen molar-refractivity contribution in [1.29, 1.82) is 0 Å². The van der Waals surface area contributed by atoms with E-state index in [1.807, 2.05) is 12.1 Å². The van der Waals surface area contributed by atoms with E-state index in [0.29, 0.717) is 28.8 Å². The number of hydrogen-bond donors (Lipinski definition) is 1. The third-order valence-electron chi connectivity index (χ3n) is 8.46. The van der Waals surface area contributed by atoms with E-state index >= 15 is 0 Å². The highest BCUT2D eigenvalue weighted by Crippen LogP contribution is 2.50. The zero-order valence-corrected chi connectivity index (χ0v) is 21.0. The van der Waals surface area contributed by atoms with Gasteiger partial charge >= 0.3 is 5.97 Å². The van der Waals surface area contributed by atoms with Crippen molar-refractivity contribution >= 4 is 16.9 Å². The van der Waals surface area contributed by atoms with Gasteiger partial charge in [0, 0.05) is 47.6 Å². The lowest BCUT2D eigenvalue weighted by atomic mass is 9.74. The van der Waals surface area contributed by atoms with Crippen LogP contribution in [0.5, 0.6) is 5.75 Å². The van der Waals surface area contributed by atoms with Gasteiger partial charge in [-0.1, -0.05) is 0 Å². The summed E-state index contributed by atoms with van der Waals surface area (Å²) in [6.45, 7) is 4.72. The molecule has 0 bridgehead atoms. The van der Waals surface area contributed by atoms with Crippen LogP contribution in [0.3, 0.4) is 0 Å². The van der Waals surface area contributed by atoms with Crippen molar-refractivity contribution in [3.8, 4) is 5.75 Å². The Balaban J connectivity index is 1.39. The first-order chi connectivity index (χ1) is 18.1. The largest absolute Gasteiger partial charge is 0.472 e. The molecule has 3 atom stereocenters. The van der Waals surface area contributed by atoms with Gasteiger partial charge in [0.2, 0.25) is 5.82 Å². The molecule has 10 heteroatoms. The predicted molar refractivity (Wildman–Crippen MR) is 128 cm³/mol. The summed E-state index contributed by atoms with van der Waals surface area (Å²) in [6.07, 6.45) is 4.17. The number of aromatic amines is 1. The van der Waals surface area contributed by atoms with E-state index in [0.717, 1.165) is 57.7 Å². The molecule has 3 aliphatic heterocycles. The lowest BCUT2D eigenvalue weighted by Gasteiger charge is -2.56. The van der Waals surface area contributed by atoms with Crippen molar-refractivity contribution in [3.63, 3.8) is 0 Å². The summed E-state index contributed by atoms with van der Waals surface area (Å²) in [5.74, 6) is -10.5. The quantitative estimate of drug-likeness (QED) is 0.178. The first-order valence-electron chi connectivity index (χ1n) is 12.9. The summed E-state index contributed by atoms with van der Waals surface area (Å²) in [6, 6.07) is 3.71. The van der Waals surface area contributed by atoms with Crippen LogP contribution in [0.4, 0.5) is 22.0 Å². The van der Waals surface area contributed by atoms with Crippen LogP contribution < -0.4 is 4.74 Å². The Kier molecular flexibility index (Phi) is 5.93. The molecular weight excluding hydrogens is 507 g/mol. The van der Waals surface area contributed by atoms with Gasteiger partial charge in [-0.05, 0) is 58.1 Å². The Bertz CT molecular complexity index is 1440. The van der Waals surface area contributed by atoms with Gasteiger partial charge in [-0.15, -0.1) is 0 Å². The fourth-order valence-corrected chi connectivity index (χ4v) is 6.72. The summed E-state index contributed by atoms with van der Waals surface area (Å²) in [4.78, 5) is 19.0. The molecule has 1 N–H and O–H groups in total. The first kappa shape index (κ1) is 25.2. The van der Waals surface area contributed by atoms with Gasteiger partial charge in [0.25, 0.3) is 0 Å². The second kappa shape index (κ2) is 8.97. The summed E-state index contributed by atoms with van der Waals surface area (Å²) >= 11 is 0. The molecule has 5 nitrogen and oxygen atoms in total. The van der Waals surface area contributed by atoms with E-state index < -0.39 is 46.7 Å². The minimum absolute atomic E-state index is 0.156.